The van der Waals surface area contributed by atoms with Gasteiger partial charge in [0.15, 0.2) is 0 Å². The number of rotatable bonds is 5. The number of aromatic nitrogens is 4. The van der Waals surface area contributed by atoms with E-state index in [9.17, 15) is 0 Å². The Labute approximate surface area is 93.1 Å². The summed E-state index contributed by atoms with van der Waals surface area (Å²) in [6.07, 6.45) is 5.82. The molecule has 6 heteroatoms. The van der Waals surface area contributed by atoms with Gasteiger partial charge in [0, 0.05) is 12.4 Å². The van der Waals surface area contributed by atoms with E-state index in [4.69, 9.17) is 4.42 Å². The molecule has 0 aliphatic rings. The van der Waals surface area contributed by atoms with Gasteiger partial charge in [0.1, 0.15) is 6.33 Å². The van der Waals surface area contributed by atoms with Gasteiger partial charge in [0.2, 0.25) is 5.89 Å². The fourth-order valence-electron chi connectivity index (χ4n) is 1.22. The Morgan fingerprint density at radius 1 is 1.25 bits per heavy atom. The lowest BCUT2D eigenvalue weighted by molar-refractivity contribution is 0.477. The van der Waals surface area contributed by atoms with Crippen molar-refractivity contribution in [3.05, 3.63) is 24.6 Å². The fourth-order valence-corrected chi connectivity index (χ4v) is 1.22. The van der Waals surface area contributed by atoms with Gasteiger partial charge in [0.25, 0.3) is 5.89 Å². The molecular weight excluding hydrogens is 206 g/mol. The topological polar surface area (TPSA) is 76.7 Å². The Hall–Kier alpha value is -1.82. The second-order valence-corrected chi connectivity index (χ2v) is 3.30. The van der Waals surface area contributed by atoms with Gasteiger partial charge >= 0.3 is 0 Å². The highest BCUT2D eigenvalue weighted by molar-refractivity contribution is 5.48. The summed E-state index contributed by atoms with van der Waals surface area (Å²) >= 11 is 0. The summed E-state index contributed by atoms with van der Waals surface area (Å²) in [5, 5.41) is 11.0. The monoisotopic (exact) mass is 219 g/mol. The zero-order chi connectivity index (χ0) is 11.2. The van der Waals surface area contributed by atoms with Crippen LogP contribution in [0.2, 0.25) is 0 Å². The average molecular weight is 219 g/mol. The first kappa shape index (κ1) is 10.7. The van der Waals surface area contributed by atoms with Gasteiger partial charge < -0.3 is 9.73 Å². The molecule has 0 radical (unpaired) electrons. The van der Waals surface area contributed by atoms with E-state index in [1.165, 1.54) is 6.33 Å². The largest absolute Gasteiger partial charge is 0.419 e. The summed E-state index contributed by atoms with van der Waals surface area (Å²) < 4.78 is 5.45. The molecule has 6 nitrogen and oxygen atoms in total. The van der Waals surface area contributed by atoms with Crippen molar-refractivity contribution in [2.45, 2.75) is 19.9 Å². The van der Waals surface area contributed by atoms with Crippen LogP contribution in [-0.2, 0) is 6.54 Å². The molecule has 0 unspecified atom stereocenters. The molecule has 84 valence electrons. The second kappa shape index (κ2) is 5.32. The van der Waals surface area contributed by atoms with Crippen molar-refractivity contribution in [3.8, 4) is 11.5 Å². The lowest BCUT2D eigenvalue weighted by Gasteiger charge is -1.96. The van der Waals surface area contributed by atoms with E-state index < -0.39 is 0 Å². The maximum Gasteiger partial charge on any atom is 0.250 e. The number of nitrogens with zero attached hydrogens (tertiary/aromatic N) is 4. The van der Waals surface area contributed by atoms with Gasteiger partial charge in [-0.2, -0.15) is 0 Å². The molecule has 2 aromatic rings. The van der Waals surface area contributed by atoms with Crippen LogP contribution >= 0.6 is 0 Å². The van der Waals surface area contributed by atoms with Crippen LogP contribution in [0, 0.1) is 0 Å². The SMILES string of the molecule is CCCNCc1nnc(-c2cncnc2)o1. The van der Waals surface area contributed by atoms with Crippen molar-refractivity contribution >= 4 is 0 Å². The summed E-state index contributed by atoms with van der Waals surface area (Å²) in [4.78, 5) is 7.78. The molecule has 0 saturated heterocycles. The minimum absolute atomic E-state index is 0.453. The summed E-state index contributed by atoms with van der Waals surface area (Å²) in [7, 11) is 0. The van der Waals surface area contributed by atoms with Gasteiger partial charge in [-0.05, 0) is 13.0 Å². The Morgan fingerprint density at radius 3 is 2.81 bits per heavy atom. The molecule has 0 spiro atoms. The van der Waals surface area contributed by atoms with Crippen LogP contribution in [0.15, 0.2) is 23.1 Å². The third kappa shape index (κ3) is 2.60. The second-order valence-electron chi connectivity index (χ2n) is 3.30. The summed E-state index contributed by atoms with van der Waals surface area (Å²) in [5.41, 5.74) is 0.733. The molecule has 2 rings (SSSR count). The Morgan fingerprint density at radius 2 is 2.06 bits per heavy atom. The Bertz CT molecular complexity index is 428. The standard InChI is InChI=1S/C10H13N5O/c1-2-3-11-6-9-14-15-10(16-9)8-4-12-7-13-5-8/h4-5,7,11H,2-3,6H2,1H3. The molecule has 2 aromatic heterocycles. The molecule has 0 saturated carbocycles. The van der Waals surface area contributed by atoms with E-state index in [-0.39, 0.29) is 0 Å². The minimum atomic E-state index is 0.453. The third-order valence-corrected chi connectivity index (χ3v) is 1.98. The fraction of sp³-hybridized carbons (Fsp3) is 0.400. The normalized spacial score (nSPS) is 10.6. The van der Waals surface area contributed by atoms with Crippen molar-refractivity contribution in [1.82, 2.24) is 25.5 Å². The minimum Gasteiger partial charge on any atom is -0.419 e. The van der Waals surface area contributed by atoms with Crippen molar-refractivity contribution in [2.24, 2.45) is 0 Å². The van der Waals surface area contributed by atoms with E-state index in [0.717, 1.165) is 18.5 Å². The Kier molecular flexibility index (Phi) is 3.55. The van der Waals surface area contributed by atoms with E-state index >= 15 is 0 Å². The van der Waals surface area contributed by atoms with Crippen LogP contribution in [-0.4, -0.2) is 26.7 Å². The number of hydrogen-bond donors (Lipinski definition) is 1. The Balaban J connectivity index is 2.02. The van der Waals surface area contributed by atoms with Gasteiger partial charge in [-0.15, -0.1) is 10.2 Å². The van der Waals surface area contributed by atoms with E-state index in [1.54, 1.807) is 12.4 Å². The first-order chi connectivity index (χ1) is 7.90. The van der Waals surface area contributed by atoms with Crippen LogP contribution in [0.4, 0.5) is 0 Å². The highest BCUT2D eigenvalue weighted by Gasteiger charge is 2.07. The van der Waals surface area contributed by atoms with Crippen LogP contribution in [0.3, 0.4) is 0 Å². The summed E-state index contributed by atoms with van der Waals surface area (Å²) in [5.74, 6) is 1.03. The molecule has 0 amide bonds. The van der Waals surface area contributed by atoms with Crippen molar-refractivity contribution in [3.63, 3.8) is 0 Å². The van der Waals surface area contributed by atoms with Crippen molar-refractivity contribution in [1.29, 1.82) is 0 Å². The first-order valence-corrected chi connectivity index (χ1v) is 5.18. The molecule has 0 aliphatic heterocycles. The lowest BCUT2D eigenvalue weighted by atomic mass is 10.3. The third-order valence-electron chi connectivity index (χ3n) is 1.98. The average Bonchev–Trinajstić information content (AvgIpc) is 2.79. The lowest BCUT2D eigenvalue weighted by Crippen LogP contribution is -2.13. The van der Waals surface area contributed by atoms with Crippen LogP contribution < -0.4 is 5.32 Å². The van der Waals surface area contributed by atoms with Crippen LogP contribution in [0.5, 0.6) is 0 Å². The maximum absolute atomic E-state index is 5.45. The maximum atomic E-state index is 5.45. The molecule has 0 aromatic carbocycles. The van der Waals surface area contributed by atoms with Gasteiger partial charge in [0.05, 0.1) is 12.1 Å². The summed E-state index contributed by atoms with van der Waals surface area (Å²) in [6.45, 7) is 3.63. The molecular formula is C10H13N5O. The number of nitrogens with one attached hydrogen (secondary N) is 1. The number of hydrogen-bond acceptors (Lipinski definition) is 6. The van der Waals surface area contributed by atoms with Gasteiger partial charge in [-0.1, -0.05) is 6.92 Å². The van der Waals surface area contributed by atoms with Crippen LogP contribution in [0.1, 0.15) is 19.2 Å². The van der Waals surface area contributed by atoms with E-state index in [1.807, 2.05) is 0 Å². The predicted molar refractivity (Wildman–Crippen MR) is 57.3 cm³/mol. The zero-order valence-corrected chi connectivity index (χ0v) is 9.05. The highest BCUT2D eigenvalue weighted by atomic mass is 16.4. The summed E-state index contributed by atoms with van der Waals surface area (Å²) in [6, 6.07) is 0. The molecule has 1 N–H and O–H groups in total. The highest BCUT2D eigenvalue weighted by Crippen LogP contribution is 2.14. The quantitative estimate of drug-likeness (QED) is 0.757. The molecule has 0 aliphatic carbocycles. The molecule has 16 heavy (non-hydrogen) atoms. The van der Waals surface area contributed by atoms with Gasteiger partial charge in [-0.25, -0.2) is 9.97 Å². The molecule has 0 bridgehead atoms. The van der Waals surface area contributed by atoms with Crippen LogP contribution in [0.25, 0.3) is 11.5 Å². The zero-order valence-electron chi connectivity index (χ0n) is 9.05. The molecule has 0 atom stereocenters. The smallest absolute Gasteiger partial charge is 0.250 e. The molecule has 0 fully saturated rings. The van der Waals surface area contributed by atoms with E-state index in [2.05, 4.69) is 32.4 Å². The van der Waals surface area contributed by atoms with Crippen molar-refractivity contribution in [2.75, 3.05) is 6.54 Å². The predicted octanol–water partition coefficient (Wildman–Crippen LogP) is 1.03. The first-order valence-electron chi connectivity index (χ1n) is 5.18. The van der Waals surface area contributed by atoms with Crippen molar-refractivity contribution < 1.29 is 4.42 Å². The van der Waals surface area contributed by atoms with Gasteiger partial charge in [-0.3, -0.25) is 0 Å². The van der Waals surface area contributed by atoms with E-state index in [0.29, 0.717) is 18.3 Å². The molecule has 2 heterocycles.